The molecule has 28 heavy (non-hydrogen) atoms. The lowest BCUT2D eigenvalue weighted by molar-refractivity contribution is 0.0655. The summed E-state index contributed by atoms with van der Waals surface area (Å²) in [5.74, 6) is -1.92. The fourth-order valence-corrected chi connectivity index (χ4v) is 3.59. The van der Waals surface area contributed by atoms with E-state index >= 15 is 0 Å². The molecule has 2 aromatic carbocycles. The molecule has 3 aromatic rings. The monoisotopic (exact) mass is 396 g/mol. The third-order valence-corrected chi connectivity index (χ3v) is 5.13. The first-order chi connectivity index (χ1) is 13.5. The number of anilines is 1. The number of carbonyl (C=O) groups is 3. The fourth-order valence-electron chi connectivity index (χ4n) is 2.86. The topological polar surface area (TPSA) is 92.3 Å². The molecule has 0 saturated heterocycles. The second-order valence-electron chi connectivity index (χ2n) is 5.99. The molecule has 0 unspecified atom stereocenters. The number of imide groups is 1. The molecule has 4 rings (SSSR count). The lowest BCUT2D eigenvalue weighted by Gasteiger charge is -2.12. The van der Waals surface area contributed by atoms with Gasteiger partial charge in [-0.05, 0) is 24.3 Å². The van der Waals surface area contributed by atoms with E-state index in [2.05, 4.69) is 15.5 Å². The van der Waals surface area contributed by atoms with E-state index in [0.717, 1.165) is 11.3 Å². The molecule has 2 heterocycles. The van der Waals surface area contributed by atoms with Crippen LogP contribution in [0.25, 0.3) is 0 Å². The van der Waals surface area contributed by atoms with Gasteiger partial charge in [0.1, 0.15) is 10.8 Å². The number of hydrogen-bond acceptors (Lipinski definition) is 6. The van der Waals surface area contributed by atoms with Crippen LogP contribution in [0, 0.1) is 5.82 Å². The van der Waals surface area contributed by atoms with Crippen molar-refractivity contribution >= 4 is 34.2 Å². The first-order valence-electron chi connectivity index (χ1n) is 8.38. The molecule has 140 valence electrons. The smallest absolute Gasteiger partial charge is 0.261 e. The molecular weight excluding hydrogens is 383 g/mol. The number of carbonyl (C=O) groups excluding carboxylic acids is 3. The summed E-state index contributed by atoms with van der Waals surface area (Å²) in [6.07, 6.45) is 0.304. The van der Waals surface area contributed by atoms with E-state index in [9.17, 15) is 18.8 Å². The van der Waals surface area contributed by atoms with Crippen LogP contribution in [-0.4, -0.2) is 39.4 Å². The highest BCUT2D eigenvalue weighted by Gasteiger charge is 2.34. The van der Waals surface area contributed by atoms with E-state index in [0.29, 0.717) is 22.6 Å². The number of amides is 3. The Balaban J connectivity index is 1.40. The Bertz CT molecular complexity index is 1060. The van der Waals surface area contributed by atoms with Crippen molar-refractivity contribution in [2.24, 2.45) is 0 Å². The van der Waals surface area contributed by atoms with Crippen molar-refractivity contribution in [3.63, 3.8) is 0 Å². The maximum atomic E-state index is 13.7. The molecule has 7 nitrogen and oxygen atoms in total. The van der Waals surface area contributed by atoms with Gasteiger partial charge in [-0.3, -0.25) is 24.6 Å². The summed E-state index contributed by atoms with van der Waals surface area (Å²) in [6.45, 7) is 0.155. The predicted molar refractivity (Wildman–Crippen MR) is 99.8 cm³/mol. The number of aromatic nitrogens is 2. The van der Waals surface area contributed by atoms with Gasteiger partial charge in [-0.25, -0.2) is 4.39 Å². The molecule has 0 aliphatic carbocycles. The van der Waals surface area contributed by atoms with Crippen molar-refractivity contribution in [2.75, 3.05) is 11.9 Å². The molecule has 0 radical (unpaired) electrons. The SMILES string of the molecule is O=C(Nc1nnc(CCN2C(=O)c3ccccc3C2=O)s1)c1ccccc1F. The molecular formula is C19H13FN4O3S. The van der Waals surface area contributed by atoms with E-state index in [1.165, 1.54) is 23.1 Å². The highest BCUT2D eigenvalue weighted by molar-refractivity contribution is 7.15. The van der Waals surface area contributed by atoms with Gasteiger partial charge in [0.05, 0.1) is 16.7 Å². The molecule has 1 N–H and O–H groups in total. The van der Waals surface area contributed by atoms with Gasteiger partial charge in [-0.2, -0.15) is 0 Å². The summed E-state index contributed by atoms with van der Waals surface area (Å²) in [5, 5.41) is 11.1. The summed E-state index contributed by atoms with van der Waals surface area (Å²) in [7, 11) is 0. The van der Waals surface area contributed by atoms with Crippen molar-refractivity contribution in [1.82, 2.24) is 15.1 Å². The normalized spacial score (nSPS) is 13.0. The van der Waals surface area contributed by atoms with Crippen LogP contribution >= 0.6 is 11.3 Å². The van der Waals surface area contributed by atoms with Crippen molar-refractivity contribution in [2.45, 2.75) is 6.42 Å². The average Bonchev–Trinajstić information content (AvgIpc) is 3.24. The van der Waals surface area contributed by atoms with E-state index in [4.69, 9.17) is 0 Å². The van der Waals surface area contributed by atoms with Crippen molar-refractivity contribution in [3.8, 4) is 0 Å². The Morgan fingerprint density at radius 3 is 2.32 bits per heavy atom. The van der Waals surface area contributed by atoms with E-state index in [1.807, 2.05) is 0 Å². The van der Waals surface area contributed by atoms with Crippen molar-refractivity contribution in [3.05, 3.63) is 76.0 Å². The minimum atomic E-state index is -0.629. The molecule has 0 spiro atoms. The van der Waals surface area contributed by atoms with Crippen molar-refractivity contribution in [1.29, 1.82) is 0 Å². The van der Waals surface area contributed by atoms with Crippen LogP contribution in [0.15, 0.2) is 48.5 Å². The number of hydrogen-bond donors (Lipinski definition) is 1. The minimum absolute atomic E-state index is 0.0923. The molecule has 0 atom stereocenters. The molecule has 3 amide bonds. The Labute approximate surface area is 162 Å². The molecule has 0 bridgehead atoms. The average molecular weight is 396 g/mol. The zero-order chi connectivity index (χ0) is 19.7. The van der Waals surface area contributed by atoms with Crippen LogP contribution in [0.2, 0.25) is 0 Å². The van der Waals surface area contributed by atoms with E-state index in [1.54, 1.807) is 30.3 Å². The maximum Gasteiger partial charge on any atom is 0.261 e. The number of halogens is 1. The predicted octanol–water partition coefficient (Wildman–Crippen LogP) is 2.77. The molecule has 0 fully saturated rings. The van der Waals surface area contributed by atoms with Crippen LogP contribution in [0.4, 0.5) is 9.52 Å². The largest absolute Gasteiger partial charge is 0.296 e. The van der Waals surface area contributed by atoms with Crippen molar-refractivity contribution < 1.29 is 18.8 Å². The van der Waals surface area contributed by atoms with Gasteiger partial charge in [-0.1, -0.05) is 35.6 Å². The number of fused-ring (bicyclic) bond motifs is 1. The van der Waals surface area contributed by atoms with Gasteiger partial charge in [-0.15, -0.1) is 10.2 Å². The van der Waals surface area contributed by atoms with Crippen LogP contribution in [0.3, 0.4) is 0 Å². The van der Waals surface area contributed by atoms with Crippen LogP contribution in [0.5, 0.6) is 0 Å². The fraction of sp³-hybridized carbons (Fsp3) is 0.105. The lowest BCUT2D eigenvalue weighted by Crippen LogP contribution is -2.31. The molecule has 1 aromatic heterocycles. The van der Waals surface area contributed by atoms with Gasteiger partial charge in [0.15, 0.2) is 0 Å². The van der Waals surface area contributed by atoms with E-state index in [-0.39, 0.29) is 29.1 Å². The minimum Gasteiger partial charge on any atom is -0.296 e. The van der Waals surface area contributed by atoms with Gasteiger partial charge >= 0.3 is 0 Å². The second kappa shape index (κ2) is 7.28. The summed E-state index contributed by atoms with van der Waals surface area (Å²) >= 11 is 1.11. The Hall–Kier alpha value is -3.46. The van der Waals surface area contributed by atoms with E-state index < -0.39 is 11.7 Å². The highest BCUT2D eigenvalue weighted by Crippen LogP contribution is 2.23. The third kappa shape index (κ3) is 3.27. The Kier molecular flexibility index (Phi) is 4.66. The lowest BCUT2D eigenvalue weighted by atomic mass is 10.1. The molecule has 1 aliphatic rings. The number of nitrogens with zero attached hydrogens (tertiary/aromatic N) is 3. The Morgan fingerprint density at radius 2 is 1.64 bits per heavy atom. The highest BCUT2D eigenvalue weighted by atomic mass is 32.1. The third-order valence-electron chi connectivity index (χ3n) is 4.23. The molecule has 9 heteroatoms. The first-order valence-corrected chi connectivity index (χ1v) is 9.20. The van der Waals surface area contributed by atoms with Crippen LogP contribution < -0.4 is 5.32 Å². The summed E-state index contributed by atoms with van der Waals surface area (Å²) in [4.78, 5) is 38.0. The zero-order valence-corrected chi connectivity index (χ0v) is 15.2. The standard InChI is InChI=1S/C19H13FN4O3S/c20-14-8-4-3-7-13(14)16(25)21-19-23-22-15(28-19)9-10-24-17(26)11-5-1-2-6-12(11)18(24)27/h1-8H,9-10H2,(H,21,23,25). The zero-order valence-electron chi connectivity index (χ0n) is 14.4. The summed E-state index contributed by atoms with van der Waals surface area (Å²) in [5.41, 5.74) is 0.690. The Morgan fingerprint density at radius 1 is 1.00 bits per heavy atom. The number of nitrogens with one attached hydrogen (secondary N) is 1. The first kappa shape index (κ1) is 17.9. The molecule has 0 saturated carbocycles. The number of benzene rings is 2. The molecule has 1 aliphatic heterocycles. The van der Waals surface area contributed by atoms with Gasteiger partial charge in [0.25, 0.3) is 17.7 Å². The van der Waals surface area contributed by atoms with Gasteiger partial charge < -0.3 is 0 Å². The second-order valence-corrected chi connectivity index (χ2v) is 7.05. The van der Waals surface area contributed by atoms with Crippen LogP contribution in [0.1, 0.15) is 36.1 Å². The van der Waals surface area contributed by atoms with Gasteiger partial charge in [0, 0.05) is 13.0 Å². The van der Waals surface area contributed by atoms with Gasteiger partial charge in [0.2, 0.25) is 5.13 Å². The van der Waals surface area contributed by atoms with Crippen LogP contribution in [-0.2, 0) is 6.42 Å². The summed E-state index contributed by atoms with van der Waals surface area (Å²) in [6, 6.07) is 12.3. The summed E-state index contributed by atoms with van der Waals surface area (Å²) < 4.78 is 13.7. The number of rotatable bonds is 5. The maximum absolute atomic E-state index is 13.7. The quantitative estimate of drug-likeness (QED) is 0.670.